The summed E-state index contributed by atoms with van der Waals surface area (Å²) in [7, 11) is -2.44. The van der Waals surface area contributed by atoms with Crippen LogP contribution in [0.3, 0.4) is 0 Å². The van der Waals surface area contributed by atoms with Crippen LogP contribution < -0.4 is 0 Å². The van der Waals surface area contributed by atoms with Crippen LogP contribution in [-0.4, -0.2) is 12.8 Å². The average Bonchev–Trinajstić information content (AvgIpc) is 2.10. The Morgan fingerprint density at radius 1 is 1.89 bits per heavy atom. The van der Waals surface area contributed by atoms with Crippen molar-refractivity contribution in [3.63, 3.8) is 0 Å². The molecule has 0 fully saturated rings. The number of rotatable bonds is 0. The summed E-state index contributed by atoms with van der Waals surface area (Å²) in [6.07, 6.45) is 6.27. The highest BCUT2D eigenvalue weighted by Gasteiger charge is 2.22. The molecule has 1 aliphatic heterocycles. The van der Waals surface area contributed by atoms with Crippen molar-refractivity contribution in [3.05, 3.63) is 11.9 Å². The molecule has 2 atom stereocenters. The van der Waals surface area contributed by atoms with Crippen LogP contribution in [0.2, 0.25) is 0 Å². The van der Waals surface area contributed by atoms with Gasteiger partial charge in [0.1, 0.15) is 6.10 Å². The van der Waals surface area contributed by atoms with Gasteiger partial charge in [-0.1, -0.05) is 5.92 Å². The molecular weight excluding hydrogens is 135 g/mol. The van der Waals surface area contributed by atoms with Gasteiger partial charge in [0.2, 0.25) is 7.37 Å². The summed E-state index contributed by atoms with van der Waals surface area (Å²) < 4.78 is 15.9. The van der Waals surface area contributed by atoms with Crippen molar-refractivity contribution in [2.45, 2.75) is 6.10 Å². The second-order valence-electron chi connectivity index (χ2n) is 1.94. The SMILES string of the molecule is C#CC1C=CP(C)(=O)O1. The van der Waals surface area contributed by atoms with E-state index >= 15 is 0 Å². The third kappa shape index (κ3) is 1.45. The molecule has 1 heterocycles. The van der Waals surface area contributed by atoms with Crippen LogP contribution in [0.4, 0.5) is 0 Å². The fourth-order valence-corrected chi connectivity index (χ4v) is 1.74. The van der Waals surface area contributed by atoms with Crippen LogP contribution >= 0.6 is 7.37 Å². The lowest BCUT2D eigenvalue weighted by Crippen LogP contribution is -1.96. The highest BCUT2D eigenvalue weighted by molar-refractivity contribution is 7.61. The van der Waals surface area contributed by atoms with Crippen molar-refractivity contribution in [1.29, 1.82) is 0 Å². The quantitative estimate of drug-likeness (QED) is 0.378. The van der Waals surface area contributed by atoms with Crippen molar-refractivity contribution in [3.8, 4) is 12.3 Å². The number of hydrogen-bond acceptors (Lipinski definition) is 2. The van der Waals surface area contributed by atoms with Gasteiger partial charge in [-0.25, -0.2) is 0 Å². The molecule has 2 unspecified atom stereocenters. The summed E-state index contributed by atoms with van der Waals surface area (Å²) in [4.78, 5) is 0. The van der Waals surface area contributed by atoms with Crippen LogP contribution in [0.15, 0.2) is 11.9 Å². The molecule has 0 saturated carbocycles. The molecule has 1 rings (SSSR count). The minimum Gasteiger partial charge on any atom is -0.305 e. The molecule has 0 spiro atoms. The molecule has 0 amide bonds. The minimum absolute atomic E-state index is 0.374. The van der Waals surface area contributed by atoms with Crippen molar-refractivity contribution in [1.82, 2.24) is 0 Å². The summed E-state index contributed by atoms with van der Waals surface area (Å²) >= 11 is 0. The maximum atomic E-state index is 11.0. The van der Waals surface area contributed by atoms with Crippen LogP contribution in [0.25, 0.3) is 0 Å². The van der Waals surface area contributed by atoms with E-state index in [1.54, 1.807) is 12.7 Å². The molecule has 0 aromatic heterocycles. The van der Waals surface area contributed by atoms with Gasteiger partial charge in [-0.3, -0.25) is 4.57 Å². The smallest absolute Gasteiger partial charge is 0.223 e. The van der Waals surface area contributed by atoms with E-state index in [1.165, 1.54) is 5.82 Å². The van der Waals surface area contributed by atoms with Gasteiger partial charge in [-0.15, -0.1) is 6.42 Å². The molecule has 0 N–H and O–H groups in total. The first-order valence-electron chi connectivity index (χ1n) is 2.55. The van der Waals surface area contributed by atoms with Gasteiger partial charge in [-0.2, -0.15) is 0 Å². The minimum atomic E-state index is -2.44. The van der Waals surface area contributed by atoms with Crippen molar-refractivity contribution < 1.29 is 9.09 Å². The fraction of sp³-hybridized carbons (Fsp3) is 0.333. The van der Waals surface area contributed by atoms with Gasteiger partial charge in [0, 0.05) is 6.66 Å². The van der Waals surface area contributed by atoms with Gasteiger partial charge in [0.05, 0.1) is 0 Å². The third-order valence-electron chi connectivity index (χ3n) is 1.02. The maximum Gasteiger partial charge on any atom is 0.223 e. The Labute approximate surface area is 54.4 Å². The van der Waals surface area contributed by atoms with Crippen LogP contribution in [0, 0.1) is 12.3 Å². The number of hydrogen-bond donors (Lipinski definition) is 0. The monoisotopic (exact) mass is 142 g/mol. The Balaban J connectivity index is 2.74. The topological polar surface area (TPSA) is 26.3 Å². The molecule has 2 nitrogen and oxygen atoms in total. The van der Waals surface area contributed by atoms with E-state index < -0.39 is 7.37 Å². The van der Waals surface area contributed by atoms with E-state index in [4.69, 9.17) is 10.9 Å². The summed E-state index contributed by atoms with van der Waals surface area (Å²) in [5.41, 5.74) is 0. The zero-order chi connectivity index (χ0) is 6.91. The van der Waals surface area contributed by atoms with Gasteiger partial charge < -0.3 is 4.52 Å². The first-order chi connectivity index (χ1) is 4.14. The Bertz CT molecular complexity index is 224. The highest BCUT2D eigenvalue weighted by Crippen LogP contribution is 2.49. The van der Waals surface area contributed by atoms with E-state index in [1.807, 2.05) is 0 Å². The fourth-order valence-electron chi connectivity index (χ4n) is 0.616. The summed E-state index contributed by atoms with van der Waals surface area (Å²) in [5.74, 6) is 3.88. The third-order valence-corrected chi connectivity index (χ3v) is 2.38. The van der Waals surface area contributed by atoms with Crippen LogP contribution in [0.5, 0.6) is 0 Å². The molecule has 0 saturated heterocycles. The molecular formula is C6H7O2P. The number of terminal acetylenes is 1. The molecule has 3 heteroatoms. The summed E-state index contributed by atoms with van der Waals surface area (Å²) in [6.45, 7) is 1.54. The molecule has 48 valence electrons. The standard InChI is InChI=1S/C6H7O2P/c1-3-6-4-5-9(2,7)8-6/h1,4-6H,2H3. The Morgan fingerprint density at radius 2 is 2.56 bits per heavy atom. The lowest BCUT2D eigenvalue weighted by atomic mass is 10.4. The predicted molar refractivity (Wildman–Crippen MR) is 36.4 cm³/mol. The van der Waals surface area contributed by atoms with Crippen molar-refractivity contribution >= 4 is 7.37 Å². The van der Waals surface area contributed by atoms with E-state index in [0.29, 0.717) is 0 Å². The summed E-state index contributed by atoms with van der Waals surface area (Å²) in [5, 5.41) is 0. The second kappa shape index (κ2) is 2.02. The van der Waals surface area contributed by atoms with Gasteiger partial charge in [0.15, 0.2) is 0 Å². The first kappa shape index (κ1) is 6.61. The molecule has 0 aromatic carbocycles. The lowest BCUT2D eigenvalue weighted by Gasteiger charge is -2.02. The normalized spacial score (nSPS) is 40.7. The molecule has 9 heavy (non-hydrogen) atoms. The van der Waals surface area contributed by atoms with Gasteiger partial charge >= 0.3 is 0 Å². The van der Waals surface area contributed by atoms with E-state index in [-0.39, 0.29) is 6.10 Å². The van der Waals surface area contributed by atoms with Crippen LogP contribution in [-0.2, 0) is 9.09 Å². The largest absolute Gasteiger partial charge is 0.305 e. The van der Waals surface area contributed by atoms with E-state index in [0.717, 1.165) is 0 Å². The van der Waals surface area contributed by atoms with Gasteiger partial charge in [0.25, 0.3) is 0 Å². The lowest BCUT2D eigenvalue weighted by molar-refractivity contribution is 0.323. The Kier molecular flexibility index (Phi) is 1.48. The zero-order valence-corrected chi connectivity index (χ0v) is 5.97. The highest BCUT2D eigenvalue weighted by atomic mass is 31.2. The average molecular weight is 142 g/mol. The first-order valence-corrected chi connectivity index (χ1v) is 4.69. The molecule has 0 radical (unpaired) electrons. The summed E-state index contributed by atoms with van der Waals surface area (Å²) in [6, 6.07) is 0. The molecule has 0 aliphatic carbocycles. The molecule has 0 bridgehead atoms. The van der Waals surface area contributed by atoms with E-state index in [2.05, 4.69) is 5.92 Å². The van der Waals surface area contributed by atoms with E-state index in [9.17, 15) is 4.57 Å². The van der Waals surface area contributed by atoms with Crippen molar-refractivity contribution in [2.24, 2.45) is 0 Å². The van der Waals surface area contributed by atoms with Crippen molar-refractivity contribution in [2.75, 3.05) is 6.66 Å². The van der Waals surface area contributed by atoms with Gasteiger partial charge in [-0.05, 0) is 11.9 Å². The second-order valence-corrected chi connectivity index (χ2v) is 4.27. The predicted octanol–water partition coefficient (Wildman–Crippen LogP) is 1.44. The zero-order valence-electron chi connectivity index (χ0n) is 5.07. The Hall–Kier alpha value is -0.510. The molecule has 0 aromatic rings. The molecule has 1 aliphatic rings. The maximum absolute atomic E-state index is 11.0. The van der Waals surface area contributed by atoms with Crippen LogP contribution in [0.1, 0.15) is 0 Å². The Morgan fingerprint density at radius 3 is 2.78 bits per heavy atom.